The highest BCUT2D eigenvalue weighted by Gasteiger charge is 2.44. The van der Waals surface area contributed by atoms with Crippen molar-refractivity contribution in [3.8, 4) is 0 Å². The first-order valence-corrected chi connectivity index (χ1v) is 7.98. The summed E-state index contributed by atoms with van der Waals surface area (Å²) in [5.41, 5.74) is 2.94. The second-order valence-corrected chi connectivity index (χ2v) is 6.92. The number of aromatic amines is 1. The van der Waals surface area contributed by atoms with Crippen LogP contribution in [0.3, 0.4) is 0 Å². The second-order valence-electron chi connectivity index (χ2n) is 6.92. The van der Waals surface area contributed by atoms with Crippen LogP contribution in [0.1, 0.15) is 30.3 Å². The van der Waals surface area contributed by atoms with Crippen molar-refractivity contribution >= 4 is 5.91 Å². The summed E-state index contributed by atoms with van der Waals surface area (Å²) >= 11 is 0. The normalized spacial score (nSPS) is 22.3. The molecule has 0 spiro atoms. The van der Waals surface area contributed by atoms with Gasteiger partial charge in [0.05, 0.1) is 11.4 Å². The van der Waals surface area contributed by atoms with Gasteiger partial charge in [-0.1, -0.05) is 19.1 Å². The maximum atomic E-state index is 13.1. The van der Waals surface area contributed by atoms with Crippen LogP contribution in [0.15, 0.2) is 24.3 Å². The number of amides is 1. The molecule has 1 amide bonds. The third-order valence-electron chi connectivity index (χ3n) is 5.15. The van der Waals surface area contributed by atoms with Gasteiger partial charge in [-0.15, -0.1) is 0 Å². The summed E-state index contributed by atoms with van der Waals surface area (Å²) in [5.74, 6) is -0.0150. The Hall–Kier alpha value is -2.24. The third-order valence-corrected chi connectivity index (χ3v) is 5.15. The lowest BCUT2D eigenvalue weighted by Gasteiger charge is -2.49. The number of fused-ring (bicyclic) bond motifs is 1. The molecule has 2 aromatic rings. The Morgan fingerprint density at radius 1 is 1.26 bits per heavy atom. The smallest absolute Gasteiger partial charge is 0.226 e. The highest BCUT2D eigenvalue weighted by atomic mass is 19.1. The van der Waals surface area contributed by atoms with Gasteiger partial charge in [0.1, 0.15) is 5.82 Å². The van der Waals surface area contributed by atoms with Crippen LogP contribution >= 0.6 is 0 Å². The molecule has 1 aromatic heterocycles. The molecule has 0 radical (unpaired) electrons. The molecular formula is C17H19FN4O. The Bertz CT molecular complexity index is 733. The third kappa shape index (κ3) is 2.42. The molecule has 0 bridgehead atoms. The molecule has 1 aromatic carbocycles. The number of carbonyl (C=O) groups excluding carboxylic acids is 1. The van der Waals surface area contributed by atoms with Gasteiger partial charge in [0.2, 0.25) is 5.91 Å². The fourth-order valence-electron chi connectivity index (χ4n) is 3.74. The van der Waals surface area contributed by atoms with Gasteiger partial charge in [-0.05, 0) is 30.5 Å². The Kier molecular flexibility index (Phi) is 3.21. The molecule has 5 nitrogen and oxygen atoms in total. The predicted molar refractivity (Wildman–Crippen MR) is 82.2 cm³/mol. The fraction of sp³-hybridized carbons (Fsp3) is 0.471. The molecule has 1 aliphatic heterocycles. The Labute approximate surface area is 133 Å². The van der Waals surface area contributed by atoms with Gasteiger partial charge in [0.15, 0.2) is 0 Å². The second kappa shape index (κ2) is 5.15. The SMILES string of the molecule is CC1(c2ccc(F)cc2)CN(C(=O)C2CCc3n[nH]nc3C2)C1. The standard InChI is InChI=1S/C17H19FN4O/c1-17(12-3-5-13(18)6-4-12)9-22(10-17)16(23)11-2-7-14-15(8-11)20-21-19-14/h3-6,11H,2,7-10H2,1H3,(H,19,20,21). The lowest BCUT2D eigenvalue weighted by atomic mass is 9.74. The zero-order chi connectivity index (χ0) is 16.0. The Morgan fingerprint density at radius 2 is 1.96 bits per heavy atom. The molecule has 2 aliphatic rings. The van der Waals surface area contributed by atoms with Gasteiger partial charge in [-0.25, -0.2) is 4.39 Å². The van der Waals surface area contributed by atoms with Crippen LogP contribution in [0.2, 0.25) is 0 Å². The molecule has 6 heteroatoms. The number of halogens is 1. The summed E-state index contributed by atoms with van der Waals surface area (Å²) in [6.07, 6.45) is 2.32. The highest BCUT2D eigenvalue weighted by molar-refractivity contribution is 5.80. The van der Waals surface area contributed by atoms with E-state index >= 15 is 0 Å². The maximum absolute atomic E-state index is 13.1. The molecule has 1 fully saturated rings. The molecule has 1 aliphatic carbocycles. The van der Waals surface area contributed by atoms with E-state index in [9.17, 15) is 9.18 Å². The predicted octanol–water partition coefficient (Wildman–Crippen LogP) is 1.85. The first-order valence-electron chi connectivity index (χ1n) is 7.98. The number of H-pyrrole nitrogens is 1. The van der Waals surface area contributed by atoms with Crippen molar-refractivity contribution in [3.63, 3.8) is 0 Å². The molecule has 120 valence electrons. The van der Waals surface area contributed by atoms with Crippen LogP contribution in [0.4, 0.5) is 4.39 Å². The molecule has 1 atom stereocenters. The summed E-state index contributed by atoms with van der Waals surface area (Å²) in [7, 11) is 0. The van der Waals surface area contributed by atoms with E-state index in [1.807, 2.05) is 17.0 Å². The number of carbonyl (C=O) groups is 1. The number of nitrogens with one attached hydrogen (secondary N) is 1. The number of hydrogen-bond donors (Lipinski definition) is 1. The zero-order valence-electron chi connectivity index (χ0n) is 13.1. The number of hydrogen-bond acceptors (Lipinski definition) is 3. The molecule has 1 N–H and O–H groups in total. The van der Waals surface area contributed by atoms with Crippen LogP contribution in [0.5, 0.6) is 0 Å². The van der Waals surface area contributed by atoms with Gasteiger partial charge >= 0.3 is 0 Å². The van der Waals surface area contributed by atoms with Crippen LogP contribution in [0.25, 0.3) is 0 Å². The van der Waals surface area contributed by atoms with E-state index in [0.717, 1.165) is 29.8 Å². The number of likely N-dealkylation sites (tertiary alicyclic amines) is 1. The number of aryl methyl sites for hydroxylation is 1. The Balaban J connectivity index is 1.42. The van der Waals surface area contributed by atoms with E-state index in [0.29, 0.717) is 19.5 Å². The van der Waals surface area contributed by atoms with Crippen molar-refractivity contribution in [2.24, 2.45) is 5.92 Å². The lowest BCUT2D eigenvalue weighted by Crippen LogP contribution is -2.61. The fourth-order valence-corrected chi connectivity index (χ4v) is 3.74. The first kappa shape index (κ1) is 14.4. The van der Waals surface area contributed by atoms with Gasteiger partial charge in [-0.3, -0.25) is 4.79 Å². The van der Waals surface area contributed by atoms with Gasteiger partial charge in [0, 0.05) is 30.8 Å². The van der Waals surface area contributed by atoms with Gasteiger partial charge in [-0.2, -0.15) is 15.4 Å². The molecule has 0 saturated carbocycles. The van der Waals surface area contributed by atoms with E-state index in [-0.39, 0.29) is 23.1 Å². The zero-order valence-corrected chi connectivity index (χ0v) is 13.1. The minimum absolute atomic E-state index is 0.00497. The summed E-state index contributed by atoms with van der Waals surface area (Å²) in [4.78, 5) is 14.6. The number of nitrogens with zero attached hydrogens (tertiary/aromatic N) is 3. The molecule has 23 heavy (non-hydrogen) atoms. The highest BCUT2D eigenvalue weighted by Crippen LogP contribution is 2.36. The van der Waals surface area contributed by atoms with Crippen LogP contribution in [-0.2, 0) is 23.1 Å². The van der Waals surface area contributed by atoms with E-state index in [1.54, 1.807) is 0 Å². The summed E-state index contributed by atoms with van der Waals surface area (Å²) < 4.78 is 13.1. The largest absolute Gasteiger partial charge is 0.341 e. The van der Waals surface area contributed by atoms with Crippen molar-refractivity contribution in [2.75, 3.05) is 13.1 Å². The molecule has 2 heterocycles. The van der Waals surface area contributed by atoms with Crippen molar-refractivity contribution in [1.29, 1.82) is 0 Å². The van der Waals surface area contributed by atoms with Gasteiger partial charge < -0.3 is 4.90 Å². The minimum Gasteiger partial charge on any atom is -0.341 e. The average molecular weight is 314 g/mol. The topological polar surface area (TPSA) is 61.9 Å². The van der Waals surface area contributed by atoms with Crippen molar-refractivity contribution < 1.29 is 9.18 Å². The van der Waals surface area contributed by atoms with Crippen molar-refractivity contribution in [3.05, 3.63) is 47.0 Å². The summed E-state index contributed by atoms with van der Waals surface area (Å²) in [6.45, 7) is 3.51. The summed E-state index contributed by atoms with van der Waals surface area (Å²) in [6, 6.07) is 6.61. The average Bonchev–Trinajstić information content (AvgIpc) is 2.99. The number of rotatable bonds is 2. The van der Waals surface area contributed by atoms with E-state index < -0.39 is 0 Å². The van der Waals surface area contributed by atoms with Crippen LogP contribution in [-0.4, -0.2) is 39.3 Å². The van der Waals surface area contributed by atoms with Crippen LogP contribution < -0.4 is 0 Å². The van der Waals surface area contributed by atoms with Crippen LogP contribution in [0, 0.1) is 11.7 Å². The van der Waals surface area contributed by atoms with E-state index in [1.165, 1.54) is 12.1 Å². The molecule has 4 rings (SSSR count). The minimum atomic E-state index is -0.227. The van der Waals surface area contributed by atoms with Crippen molar-refractivity contribution in [2.45, 2.75) is 31.6 Å². The van der Waals surface area contributed by atoms with E-state index in [2.05, 4.69) is 22.3 Å². The van der Waals surface area contributed by atoms with Crippen molar-refractivity contribution in [1.82, 2.24) is 20.3 Å². The molecule has 1 unspecified atom stereocenters. The number of aromatic nitrogens is 3. The van der Waals surface area contributed by atoms with Gasteiger partial charge in [0.25, 0.3) is 0 Å². The molecule has 1 saturated heterocycles. The lowest BCUT2D eigenvalue weighted by molar-refractivity contribution is -0.143. The summed E-state index contributed by atoms with van der Waals surface area (Å²) in [5, 5.41) is 10.9. The Morgan fingerprint density at radius 3 is 2.70 bits per heavy atom. The molecular weight excluding hydrogens is 295 g/mol. The number of benzene rings is 1. The maximum Gasteiger partial charge on any atom is 0.226 e. The quantitative estimate of drug-likeness (QED) is 0.920. The monoisotopic (exact) mass is 314 g/mol. The van der Waals surface area contributed by atoms with E-state index in [4.69, 9.17) is 0 Å². The first-order chi connectivity index (χ1) is 11.0.